The molecule has 0 fully saturated rings. The number of halogens is 1. The van der Waals surface area contributed by atoms with Crippen LogP contribution in [0.1, 0.15) is 23.4 Å². The van der Waals surface area contributed by atoms with Gasteiger partial charge in [-0.15, -0.1) is 11.3 Å². The minimum atomic E-state index is -0.156. The van der Waals surface area contributed by atoms with E-state index in [9.17, 15) is 4.79 Å². The van der Waals surface area contributed by atoms with Crippen LogP contribution in [0.4, 0.5) is 4.79 Å². The lowest BCUT2D eigenvalue weighted by Crippen LogP contribution is -2.36. The van der Waals surface area contributed by atoms with Gasteiger partial charge in [0, 0.05) is 9.35 Å². The molecule has 100 valence electrons. The van der Waals surface area contributed by atoms with E-state index in [0.717, 1.165) is 14.9 Å². The van der Waals surface area contributed by atoms with Crippen molar-refractivity contribution in [3.8, 4) is 0 Å². The first-order chi connectivity index (χ1) is 9.16. The number of amides is 2. The smallest absolute Gasteiger partial charge is 0.315 e. The fourth-order valence-corrected chi connectivity index (χ4v) is 3.00. The third-order valence-corrected chi connectivity index (χ3v) is 4.32. The molecule has 0 aliphatic carbocycles. The number of rotatable bonds is 4. The van der Waals surface area contributed by atoms with E-state index < -0.39 is 0 Å². The van der Waals surface area contributed by atoms with Crippen LogP contribution in [0.5, 0.6) is 0 Å². The summed E-state index contributed by atoms with van der Waals surface area (Å²) in [6.07, 6.45) is 0. The molecule has 3 nitrogen and oxygen atoms in total. The normalized spacial score (nSPS) is 11.9. The van der Waals surface area contributed by atoms with E-state index in [0.29, 0.717) is 6.54 Å². The van der Waals surface area contributed by atoms with E-state index in [2.05, 4.69) is 26.6 Å². The number of nitrogens with one attached hydrogen (secondary N) is 2. The van der Waals surface area contributed by atoms with E-state index in [1.165, 1.54) is 0 Å². The summed E-state index contributed by atoms with van der Waals surface area (Å²) in [5, 5.41) is 7.77. The highest BCUT2D eigenvalue weighted by atomic mass is 79.9. The van der Waals surface area contributed by atoms with E-state index in [1.54, 1.807) is 11.3 Å². The maximum absolute atomic E-state index is 11.8. The molecule has 19 heavy (non-hydrogen) atoms. The Kier molecular flexibility index (Phi) is 4.99. The molecule has 2 rings (SSSR count). The molecule has 0 bridgehead atoms. The van der Waals surface area contributed by atoms with Crippen LogP contribution in [-0.4, -0.2) is 6.03 Å². The van der Waals surface area contributed by atoms with Gasteiger partial charge >= 0.3 is 6.03 Å². The fraction of sp³-hybridized carbons (Fsp3) is 0.214. The van der Waals surface area contributed by atoms with E-state index in [-0.39, 0.29) is 12.1 Å². The standard InChI is InChI=1S/C14H15BrN2OS/c1-10(12-6-2-3-7-13(12)15)17-14(18)16-9-11-5-4-8-19-11/h2-8,10H,9H2,1H3,(H2,16,17,18). The third-order valence-electron chi connectivity index (χ3n) is 2.72. The first-order valence-electron chi connectivity index (χ1n) is 5.98. The molecule has 0 aliphatic rings. The van der Waals surface area contributed by atoms with Crippen LogP contribution >= 0.6 is 27.3 Å². The van der Waals surface area contributed by atoms with Crippen LogP contribution in [0.25, 0.3) is 0 Å². The molecule has 1 aromatic carbocycles. The predicted molar refractivity (Wildman–Crippen MR) is 82.2 cm³/mol. The molecule has 5 heteroatoms. The lowest BCUT2D eigenvalue weighted by Gasteiger charge is -2.16. The highest BCUT2D eigenvalue weighted by molar-refractivity contribution is 9.10. The molecular weight excluding hydrogens is 324 g/mol. The van der Waals surface area contributed by atoms with Crippen molar-refractivity contribution < 1.29 is 4.79 Å². The number of benzene rings is 1. The predicted octanol–water partition coefficient (Wildman–Crippen LogP) is 4.07. The Bertz CT molecular complexity index is 542. The molecular formula is C14H15BrN2OS. The van der Waals surface area contributed by atoms with Crippen molar-refractivity contribution in [3.63, 3.8) is 0 Å². The van der Waals surface area contributed by atoms with Crippen molar-refractivity contribution in [2.45, 2.75) is 19.5 Å². The molecule has 1 heterocycles. The highest BCUT2D eigenvalue weighted by Gasteiger charge is 2.11. The van der Waals surface area contributed by atoms with Gasteiger partial charge in [0.25, 0.3) is 0 Å². The van der Waals surface area contributed by atoms with E-state index in [4.69, 9.17) is 0 Å². The van der Waals surface area contributed by atoms with Gasteiger partial charge in [-0.05, 0) is 30.0 Å². The zero-order valence-corrected chi connectivity index (χ0v) is 12.9. The van der Waals surface area contributed by atoms with Crippen LogP contribution in [0.15, 0.2) is 46.3 Å². The third kappa shape index (κ3) is 4.08. The van der Waals surface area contributed by atoms with E-state index in [1.807, 2.05) is 48.7 Å². The second-order valence-corrected chi connectivity index (χ2v) is 6.04. The Morgan fingerprint density at radius 2 is 2.11 bits per heavy atom. The Labute approximate surface area is 125 Å². The minimum Gasteiger partial charge on any atom is -0.333 e. The van der Waals surface area contributed by atoms with Gasteiger partial charge in [0.1, 0.15) is 0 Å². The lowest BCUT2D eigenvalue weighted by molar-refractivity contribution is 0.237. The van der Waals surface area contributed by atoms with Crippen LogP contribution in [0.3, 0.4) is 0 Å². The van der Waals surface area contributed by atoms with Crippen LogP contribution in [-0.2, 0) is 6.54 Å². The van der Waals surface area contributed by atoms with Crippen molar-refractivity contribution in [2.24, 2.45) is 0 Å². The van der Waals surface area contributed by atoms with Crippen molar-refractivity contribution in [1.29, 1.82) is 0 Å². The summed E-state index contributed by atoms with van der Waals surface area (Å²) in [7, 11) is 0. The Morgan fingerprint density at radius 3 is 2.79 bits per heavy atom. The molecule has 2 N–H and O–H groups in total. The van der Waals surface area contributed by atoms with Gasteiger partial charge in [0.2, 0.25) is 0 Å². The molecule has 1 unspecified atom stereocenters. The summed E-state index contributed by atoms with van der Waals surface area (Å²) in [6.45, 7) is 2.52. The van der Waals surface area contributed by atoms with Gasteiger partial charge in [-0.25, -0.2) is 4.79 Å². The Hall–Kier alpha value is -1.33. The number of carbonyl (C=O) groups excluding carboxylic acids is 1. The van der Waals surface area contributed by atoms with Gasteiger partial charge in [-0.1, -0.05) is 40.2 Å². The average molecular weight is 339 g/mol. The molecule has 1 aromatic heterocycles. The first kappa shape index (κ1) is 14.1. The quantitative estimate of drug-likeness (QED) is 0.866. The molecule has 0 saturated heterocycles. The van der Waals surface area contributed by atoms with Gasteiger partial charge in [-0.2, -0.15) is 0 Å². The van der Waals surface area contributed by atoms with Gasteiger partial charge in [0.15, 0.2) is 0 Å². The molecule has 0 spiro atoms. The highest BCUT2D eigenvalue weighted by Crippen LogP contribution is 2.22. The molecule has 0 aliphatic heterocycles. The van der Waals surface area contributed by atoms with Crippen molar-refractivity contribution in [3.05, 3.63) is 56.7 Å². The zero-order valence-electron chi connectivity index (χ0n) is 10.5. The fourth-order valence-electron chi connectivity index (χ4n) is 1.73. The van der Waals surface area contributed by atoms with Crippen LogP contribution in [0, 0.1) is 0 Å². The van der Waals surface area contributed by atoms with E-state index >= 15 is 0 Å². The summed E-state index contributed by atoms with van der Waals surface area (Å²) in [5.41, 5.74) is 1.06. The maximum atomic E-state index is 11.8. The summed E-state index contributed by atoms with van der Waals surface area (Å²) < 4.78 is 1.00. The van der Waals surface area contributed by atoms with Gasteiger partial charge in [0.05, 0.1) is 12.6 Å². The Morgan fingerprint density at radius 1 is 1.32 bits per heavy atom. The molecule has 0 saturated carbocycles. The monoisotopic (exact) mass is 338 g/mol. The second-order valence-electron chi connectivity index (χ2n) is 4.15. The van der Waals surface area contributed by atoms with Crippen LogP contribution < -0.4 is 10.6 Å². The number of carbonyl (C=O) groups is 1. The topological polar surface area (TPSA) is 41.1 Å². The second kappa shape index (κ2) is 6.73. The van der Waals surface area contributed by atoms with Gasteiger partial charge < -0.3 is 10.6 Å². The number of hydrogen-bond acceptors (Lipinski definition) is 2. The Balaban J connectivity index is 1.87. The SMILES string of the molecule is CC(NC(=O)NCc1cccs1)c1ccccc1Br. The largest absolute Gasteiger partial charge is 0.333 e. The summed E-state index contributed by atoms with van der Waals surface area (Å²) in [4.78, 5) is 12.9. The number of hydrogen-bond donors (Lipinski definition) is 2. The van der Waals surface area contributed by atoms with Crippen molar-refractivity contribution in [1.82, 2.24) is 10.6 Å². The lowest BCUT2D eigenvalue weighted by atomic mass is 10.1. The first-order valence-corrected chi connectivity index (χ1v) is 7.65. The zero-order chi connectivity index (χ0) is 13.7. The average Bonchev–Trinajstić information content (AvgIpc) is 2.90. The molecule has 2 amide bonds. The molecule has 1 atom stereocenters. The summed E-state index contributed by atoms with van der Waals surface area (Å²) in [5.74, 6) is 0. The molecule has 0 radical (unpaired) electrons. The molecule has 2 aromatic rings. The minimum absolute atomic E-state index is 0.0427. The summed E-state index contributed by atoms with van der Waals surface area (Å²) in [6, 6.07) is 11.7. The maximum Gasteiger partial charge on any atom is 0.315 e. The summed E-state index contributed by atoms with van der Waals surface area (Å²) >= 11 is 5.12. The number of thiophene rings is 1. The number of urea groups is 1. The van der Waals surface area contributed by atoms with Crippen LogP contribution in [0.2, 0.25) is 0 Å². The van der Waals surface area contributed by atoms with Crippen molar-refractivity contribution >= 4 is 33.3 Å². The van der Waals surface area contributed by atoms with Crippen molar-refractivity contribution in [2.75, 3.05) is 0 Å². The van der Waals surface area contributed by atoms with Gasteiger partial charge in [-0.3, -0.25) is 0 Å².